The molecule has 0 aliphatic heterocycles. The highest BCUT2D eigenvalue weighted by molar-refractivity contribution is 5.91. The molecule has 2 unspecified atom stereocenters. The van der Waals surface area contributed by atoms with Crippen LogP contribution in [0.3, 0.4) is 0 Å². The third-order valence-electron chi connectivity index (χ3n) is 13.5. The molecule has 0 aliphatic rings. The predicted molar refractivity (Wildman–Crippen MR) is 259 cm³/mol. The largest absolute Gasteiger partial charge is 0.389 e. The third kappa shape index (κ3) is 34.1. The minimum absolute atomic E-state index is 0.245. The van der Waals surface area contributed by atoms with E-state index in [9.17, 15) is 30.0 Å². The van der Waals surface area contributed by atoms with Crippen molar-refractivity contribution in [2.45, 2.75) is 334 Å². The minimum atomic E-state index is -1.90. The zero-order chi connectivity index (χ0) is 45.1. The summed E-state index contributed by atoms with van der Waals surface area (Å²) in [6, 6.07) is 0. The molecule has 0 bridgehead atoms. The van der Waals surface area contributed by atoms with Crippen LogP contribution in [-0.4, -0.2) is 55.8 Å². The predicted octanol–water partition coefficient (Wildman–Crippen LogP) is 15.5. The summed E-state index contributed by atoms with van der Waals surface area (Å²) in [7, 11) is 0. The number of carbonyl (C=O) groups is 2. The number of hydrogen-bond acceptors (Lipinski definition) is 7. The van der Waals surface area contributed by atoms with E-state index in [0.29, 0.717) is 25.7 Å². The number of unbranched alkanes of at least 4 members (excludes halogenated alkanes) is 36. The fourth-order valence-electron chi connectivity index (χ4n) is 9.12. The van der Waals surface area contributed by atoms with Crippen molar-refractivity contribution >= 4 is 11.9 Å². The lowest BCUT2D eigenvalue weighted by Gasteiger charge is -2.34. The molecule has 0 heterocycles. The van der Waals surface area contributed by atoms with E-state index in [1.54, 1.807) is 0 Å². The Morgan fingerprint density at radius 3 is 0.623 bits per heavy atom. The molecule has 0 aromatic carbocycles. The molecule has 2 atom stereocenters. The van der Waals surface area contributed by atoms with E-state index >= 15 is 0 Å². The van der Waals surface area contributed by atoms with Crippen LogP contribution in [0, 0.1) is 0 Å². The lowest BCUT2D eigenvalue weighted by molar-refractivity contribution is -0.190. The first-order valence-electron chi connectivity index (χ1n) is 27.2. The van der Waals surface area contributed by atoms with E-state index < -0.39 is 35.3 Å². The van der Waals surface area contributed by atoms with Crippen LogP contribution in [0.15, 0.2) is 0 Å². The smallest absolute Gasteiger partial charge is 0.345 e. The number of rotatable bonds is 48. The van der Waals surface area contributed by atoms with Gasteiger partial charge < -0.3 is 25.2 Å². The van der Waals surface area contributed by atoms with E-state index in [2.05, 4.69) is 27.7 Å². The van der Waals surface area contributed by atoms with Crippen LogP contribution in [0.4, 0.5) is 0 Å². The second kappa shape index (κ2) is 42.9. The Bertz CT molecular complexity index is 832. The van der Waals surface area contributed by atoms with E-state index in [1.165, 1.54) is 154 Å². The normalized spacial score (nSPS) is 13.2. The molecule has 0 rings (SSSR count). The summed E-state index contributed by atoms with van der Waals surface area (Å²) in [5, 5.41) is 46.4. The first-order valence-corrected chi connectivity index (χ1v) is 27.2. The van der Waals surface area contributed by atoms with E-state index in [1.807, 2.05) is 0 Å². The lowest BCUT2D eigenvalue weighted by atomic mass is 9.84. The van der Waals surface area contributed by atoms with Crippen LogP contribution in [0.1, 0.15) is 310 Å². The third-order valence-corrected chi connectivity index (χ3v) is 13.5. The van der Waals surface area contributed by atoms with Crippen molar-refractivity contribution < 1.29 is 34.8 Å². The summed E-state index contributed by atoms with van der Waals surface area (Å²) < 4.78 is 5.17. The highest BCUT2D eigenvalue weighted by Gasteiger charge is 2.45. The highest BCUT2D eigenvalue weighted by atomic mass is 16.6. The molecule has 0 radical (unpaired) electrons. The van der Waals surface area contributed by atoms with Gasteiger partial charge in [0, 0.05) is 0 Å². The fraction of sp³-hybridized carbons (Fsp3) is 0.963. The molecular formula is C54H106O7. The van der Waals surface area contributed by atoms with Gasteiger partial charge >= 0.3 is 11.9 Å². The second-order valence-electron chi connectivity index (χ2n) is 19.5. The quantitative estimate of drug-likeness (QED) is 0.0273. The maximum atomic E-state index is 13.4. The van der Waals surface area contributed by atoms with E-state index in [-0.39, 0.29) is 25.7 Å². The molecule has 7 nitrogen and oxygen atoms in total. The Labute approximate surface area is 379 Å². The number of ether oxygens (including phenoxy) is 1. The van der Waals surface area contributed by atoms with Crippen molar-refractivity contribution in [2.24, 2.45) is 0 Å². The summed E-state index contributed by atoms with van der Waals surface area (Å²) in [4.78, 5) is 26.9. The number of esters is 2. The number of aliphatic hydroxyl groups is 4. The van der Waals surface area contributed by atoms with Crippen LogP contribution in [0.2, 0.25) is 0 Å². The molecule has 0 amide bonds. The van der Waals surface area contributed by atoms with Crippen molar-refractivity contribution in [1.29, 1.82) is 0 Å². The van der Waals surface area contributed by atoms with Crippen LogP contribution in [0.5, 0.6) is 0 Å². The molecule has 0 aromatic heterocycles. The van der Waals surface area contributed by atoms with Gasteiger partial charge in [-0.3, -0.25) is 0 Å². The number of hydrogen-bond donors (Lipinski definition) is 4. The maximum absolute atomic E-state index is 13.4. The van der Waals surface area contributed by atoms with Crippen LogP contribution < -0.4 is 0 Å². The Kier molecular flexibility index (Phi) is 42.2. The van der Waals surface area contributed by atoms with Crippen molar-refractivity contribution in [2.75, 3.05) is 0 Å². The SMILES string of the molecule is CCCCCCCCCCCCC(O)(CCCCCCCCCCCC)C(O)C(=O)OC(=O)C(O)C(O)(CCCCCCCCCCCC)CCCCCCCCCCCC. The molecule has 0 spiro atoms. The minimum Gasteiger partial charge on any atom is -0.389 e. The Balaban J connectivity index is 5.39. The number of aliphatic hydroxyl groups excluding tert-OH is 2. The Morgan fingerprint density at radius 2 is 0.459 bits per heavy atom. The highest BCUT2D eigenvalue weighted by Crippen LogP contribution is 2.31. The second-order valence-corrected chi connectivity index (χ2v) is 19.5. The Hall–Kier alpha value is -1.02. The summed E-state index contributed by atoms with van der Waals surface area (Å²) >= 11 is 0. The molecule has 0 saturated carbocycles. The monoisotopic (exact) mass is 867 g/mol. The van der Waals surface area contributed by atoms with Gasteiger partial charge in [0.15, 0.2) is 12.2 Å². The van der Waals surface area contributed by atoms with Gasteiger partial charge in [-0.1, -0.05) is 285 Å². The first-order chi connectivity index (χ1) is 29.6. The van der Waals surface area contributed by atoms with Gasteiger partial charge in [0.05, 0.1) is 0 Å². The van der Waals surface area contributed by atoms with Crippen molar-refractivity contribution in [3.8, 4) is 0 Å². The molecule has 0 aliphatic carbocycles. The topological polar surface area (TPSA) is 124 Å². The van der Waals surface area contributed by atoms with E-state index in [0.717, 1.165) is 77.0 Å². The zero-order valence-electron chi connectivity index (χ0n) is 41.3. The van der Waals surface area contributed by atoms with Crippen LogP contribution >= 0.6 is 0 Å². The standard InChI is InChI=1S/C54H106O7/c1-5-9-13-17-21-25-29-33-37-41-45-53(59,46-42-38-34-30-26-22-18-14-10-6-2)49(55)51(57)61-52(58)50(56)54(60,47-43-39-35-31-27-23-19-15-11-7-3)48-44-40-36-32-28-24-20-16-12-8-4/h49-50,55-56,59-60H,5-48H2,1-4H3. The van der Waals surface area contributed by atoms with Gasteiger partial charge in [-0.25, -0.2) is 9.59 Å². The summed E-state index contributed by atoms with van der Waals surface area (Å²) in [6.07, 6.45) is 42.5. The average molecular weight is 867 g/mol. The van der Waals surface area contributed by atoms with Gasteiger partial charge in [0.2, 0.25) is 0 Å². The zero-order valence-corrected chi connectivity index (χ0v) is 41.3. The van der Waals surface area contributed by atoms with E-state index in [4.69, 9.17) is 4.74 Å². The molecule has 7 heteroatoms. The molecule has 0 saturated heterocycles. The fourth-order valence-corrected chi connectivity index (χ4v) is 9.12. The first kappa shape index (κ1) is 60.0. The van der Waals surface area contributed by atoms with Crippen LogP contribution in [0.25, 0.3) is 0 Å². The molecule has 0 aromatic rings. The van der Waals surface area contributed by atoms with Crippen molar-refractivity contribution in [1.82, 2.24) is 0 Å². The Morgan fingerprint density at radius 1 is 0.311 bits per heavy atom. The molecule has 4 N–H and O–H groups in total. The summed E-state index contributed by atoms with van der Waals surface area (Å²) in [5.74, 6) is -2.46. The molecule has 61 heavy (non-hydrogen) atoms. The summed E-state index contributed by atoms with van der Waals surface area (Å²) in [6.45, 7) is 8.93. The lowest BCUT2D eigenvalue weighted by Crippen LogP contribution is -2.52. The van der Waals surface area contributed by atoms with Crippen molar-refractivity contribution in [3.05, 3.63) is 0 Å². The number of carbonyl (C=O) groups excluding carboxylic acids is 2. The van der Waals surface area contributed by atoms with Gasteiger partial charge in [0.25, 0.3) is 0 Å². The van der Waals surface area contributed by atoms with Gasteiger partial charge in [-0.15, -0.1) is 0 Å². The molecular weight excluding hydrogens is 761 g/mol. The van der Waals surface area contributed by atoms with Crippen LogP contribution in [-0.2, 0) is 14.3 Å². The van der Waals surface area contributed by atoms with Gasteiger partial charge in [0.1, 0.15) is 11.2 Å². The van der Waals surface area contributed by atoms with Crippen molar-refractivity contribution in [3.63, 3.8) is 0 Å². The summed E-state index contributed by atoms with van der Waals surface area (Å²) in [5.41, 5.74) is -3.43. The average Bonchev–Trinajstić information content (AvgIpc) is 3.25. The van der Waals surface area contributed by atoms with Gasteiger partial charge in [-0.05, 0) is 25.7 Å². The molecule has 0 fully saturated rings. The van der Waals surface area contributed by atoms with Gasteiger partial charge in [-0.2, -0.15) is 0 Å². The maximum Gasteiger partial charge on any atom is 0.345 e. The molecule has 364 valence electrons.